The lowest BCUT2D eigenvalue weighted by atomic mass is 9.85. The zero-order valence-electron chi connectivity index (χ0n) is 27.3. The number of ether oxygens (including phenoxy) is 3. The molecule has 2 N–H and O–H groups in total. The number of alkyl carbamates (subject to hydrolysis) is 1. The van der Waals surface area contributed by atoms with Crippen molar-refractivity contribution in [2.24, 2.45) is 28.2 Å². The second-order valence-corrected chi connectivity index (χ2v) is 15.0. The number of rotatable bonds is 3. The van der Waals surface area contributed by atoms with Crippen LogP contribution in [0.25, 0.3) is 0 Å². The van der Waals surface area contributed by atoms with E-state index in [0.29, 0.717) is 35.7 Å². The minimum absolute atomic E-state index is 0.0436. The first-order valence-corrected chi connectivity index (χ1v) is 16.6. The van der Waals surface area contributed by atoms with E-state index in [4.69, 9.17) is 25.8 Å². The Balaban J connectivity index is 1.53. The van der Waals surface area contributed by atoms with Gasteiger partial charge in [0, 0.05) is 17.4 Å². The van der Waals surface area contributed by atoms with Gasteiger partial charge >= 0.3 is 12.1 Å². The Labute approximate surface area is 273 Å². The molecular formula is C33H45ClF2N4O6. The molecule has 13 heteroatoms. The number of esters is 1. The van der Waals surface area contributed by atoms with E-state index in [1.807, 2.05) is 13.8 Å². The molecule has 0 radical (unpaired) electrons. The van der Waals surface area contributed by atoms with E-state index in [1.54, 1.807) is 45.9 Å². The van der Waals surface area contributed by atoms with E-state index in [1.165, 1.54) is 4.90 Å². The number of nitrogens with zero attached hydrogens (tertiary/aromatic N) is 2. The highest BCUT2D eigenvalue weighted by Gasteiger charge is 2.53. The van der Waals surface area contributed by atoms with Crippen LogP contribution >= 0.6 is 11.6 Å². The molecule has 7 atom stereocenters. The van der Waals surface area contributed by atoms with Crippen molar-refractivity contribution in [3.63, 3.8) is 0 Å². The number of halogens is 3. The number of amides is 2. The molecule has 0 aromatic heterocycles. The second-order valence-electron chi connectivity index (χ2n) is 14.6. The van der Waals surface area contributed by atoms with Gasteiger partial charge in [0.25, 0.3) is 5.92 Å². The summed E-state index contributed by atoms with van der Waals surface area (Å²) in [6, 6.07) is 1.04. The lowest BCUT2D eigenvalue weighted by Gasteiger charge is -2.35. The number of hydrogen-bond acceptors (Lipinski definition) is 8. The smallest absolute Gasteiger partial charge is 0.408 e. The maximum Gasteiger partial charge on any atom is 0.408 e. The van der Waals surface area contributed by atoms with Gasteiger partial charge < -0.3 is 29.7 Å². The summed E-state index contributed by atoms with van der Waals surface area (Å²) >= 11 is 6.20. The van der Waals surface area contributed by atoms with Crippen LogP contribution in [-0.4, -0.2) is 78.2 Å². The summed E-state index contributed by atoms with van der Waals surface area (Å²) in [5, 5.41) is 6.07. The average molecular weight is 667 g/mol. The van der Waals surface area contributed by atoms with E-state index in [0.717, 1.165) is 0 Å². The highest BCUT2D eigenvalue weighted by atomic mass is 35.5. The van der Waals surface area contributed by atoms with Crippen LogP contribution in [-0.2, 0) is 23.8 Å². The van der Waals surface area contributed by atoms with Crippen LogP contribution in [0.5, 0.6) is 0 Å². The fraction of sp³-hybridized carbons (Fsp3) is 0.697. The molecule has 5 rings (SSSR count). The molecule has 10 nitrogen and oxygen atoms in total. The number of carbonyl (C=O) groups excluding carboxylic acids is 3. The van der Waals surface area contributed by atoms with E-state index in [2.05, 4.69) is 15.6 Å². The third-order valence-electron chi connectivity index (χ3n) is 9.14. The second kappa shape index (κ2) is 13.2. The lowest BCUT2D eigenvalue weighted by Crippen LogP contribution is -2.57. The first kappa shape index (κ1) is 34.2. The van der Waals surface area contributed by atoms with Gasteiger partial charge in [-0.05, 0) is 54.7 Å². The molecule has 1 aromatic rings. The fourth-order valence-corrected chi connectivity index (χ4v) is 6.51. The van der Waals surface area contributed by atoms with Crippen molar-refractivity contribution in [2.45, 2.75) is 110 Å². The van der Waals surface area contributed by atoms with Gasteiger partial charge in [-0.15, -0.1) is 0 Å². The Hall–Kier alpha value is -3.15. The number of aliphatic imine (C=N–C) groups is 1. The van der Waals surface area contributed by atoms with E-state index in [-0.39, 0.29) is 43.4 Å². The predicted octanol–water partition coefficient (Wildman–Crippen LogP) is 6.33. The van der Waals surface area contributed by atoms with E-state index < -0.39 is 65.9 Å². The molecule has 46 heavy (non-hydrogen) atoms. The van der Waals surface area contributed by atoms with Crippen molar-refractivity contribution < 1.29 is 37.4 Å². The van der Waals surface area contributed by atoms with Gasteiger partial charge in [0.2, 0.25) is 11.8 Å². The maximum absolute atomic E-state index is 16.0. The number of benzene rings is 1. The van der Waals surface area contributed by atoms with Crippen LogP contribution < -0.4 is 10.6 Å². The number of hydrogen-bond donors (Lipinski definition) is 2. The quantitative estimate of drug-likeness (QED) is 0.362. The molecule has 2 bridgehead atoms. The van der Waals surface area contributed by atoms with Crippen molar-refractivity contribution in [1.82, 2.24) is 10.2 Å². The van der Waals surface area contributed by atoms with Crippen LogP contribution in [0, 0.1) is 23.2 Å². The molecule has 1 unspecified atom stereocenters. The molecule has 2 saturated heterocycles. The lowest BCUT2D eigenvalue weighted by molar-refractivity contribution is -0.156. The highest BCUT2D eigenvalue weighted by molar-refractivity contribution is 6.31. The summed E-state index contributed by atoms with van der Waals surface area (Å²) < 4.78 is 49.5. The van der Waals surface area contributed by atoms with Crippen molar-refractivity contribution in [2.75, 3.05) is 18.5 Å². The van der Waals surface area contributed by atoms with Gasteiger partial charge in [-0.2, -0.15) is 0 Å². The summed E-state index contributed by atoms with van der Waals surface area (Å²) in [5.41, 5.74) is -0.0164. The number of alkyl halides is 2. The van der Waals surface area contributed by atoms with Crippen molar-refractivity contribution in [1.29, 1.82) is 0 Å². The van der Waals surface area contributed by atoms with Crippen LogP contribution in [0.2, 0.25) is 5.02 Å². The van der Waals surface area contributed by atoms with Gasteiger partial charge in [0.1, 0.15) is 24.3 Å². The molecule has 1 aromatic carbocycles. The molecule has 1 aliphatic carbocycles. The van der Waals surface area contributed by atoms with Crippen LogP contribution in [0.1, 0.15) is 73.6 Å². The Morgan fingerprint density at radius 1 is 1.17 bits per heavy atom. The van der Waals surface area contributed by atoms with Crippen molar-refractivity contribution in [3.05, 3.63) is 23.2 Å². The summed E-state index contributed by atoms with van der Waals surface area (Å²) in [6.07, 6.45) is -0.307. The Morgan fingerprint density at radius 3 is 2.61 bits per heavy atom. The number of carbonyl (C=O) groups is 3. The molecule has 254 valence electrons. The summed E-state index contributed by atoms with van der Waals surface area (Å²) in [4.78, 5) is 46.7. The minimum atomic E-state index is -3.24. The van der Waals surface area contributed by atoms with Gasteiger partial charge in [-0.1, -0.05) is 59.6 Å². The summed E-state index contributed by atoms with van der Waals surface area (Å²) in [5.74, 6) is -5.18. The van der Waals surface area contributed by atoms with E-state index in [9.17, 15) is 14.4 Å². The Morgan fingerprint density at radius 2 is 1.91 bits per heavy atom. The molecule has 3 fully saturated rings. The predicted molar refractivity (Wildman–Crippen MR) is 169 cm³/mol. The van der Waals surface area contributed by atoms with Gasteiger partial charge in [-0.3, -0.25) is 4.79 Å². The number of nitrogens with one attached hydrogen (secondary N) is 2. The number of fused-ring (bicyclic) bond motifs is 5. The Bertz CT molecular complexity index is 1370. The largest absolute Gasteiger partial charge is 0.473 e. The zero-order chi connectivity index (χ0) is 33.6. The molecular weight excluding hydrogens is 622 g/mol. The third-order valence-corrected chi connectivity index (χ3v) is 9.37. The van der Waals surface area contributed by atoms with Gasteiger partial charge in [0.15, 0.2) is 6.04 Å². The fourth-order valence-electron chi connectivity index (χ4n) is 6.35. The standard InChI is InChI=1S/C33H45ClF2N4O6/c1-17(2)16-44-30(42)25-18(3)24-15-40(25)29(41)27(32(4,5)6)39-31(43)46-23-13-19(23)9-7-8-12-33(35,36)26-28(45-24)38-22-14-20(34)10-11-21(22)37-26/h10-11,14,17-19,23-27,37H,7-9,12-13,15-16H2,1-6H3,(H,39,43)/t18-,19-,23-,24+,25+,26?,27-/m1/s1. The Kier molecular flexibility index (Phi) is 9.78. The van der Waals surface area contributed by atoms with Crippen molar-refractivity contribution >= 4 is 46.8 Å². The first-order chi connectivity index (χ1) is 21.5. The highest BCUT2D eigenvalue weighted by Crippen LogP contribution is 2.42. The molecule has 1 saturated carbocycles. The molecule has 2 amide bonds. The minimum Gasteiger partial charge on any atom is -0.473 e. The first-order valence-electron chi connectivity index (χ1n) is 16.2. The van der Waals surface area contributed by atoms with Gasteiger partial charge in [-0.25, -0.2) is 23.4 Å². The number of anilines is 1. The summed E-state index contributed by atoms with van der Waals surface area (Å²) in [6.45, 7) is 10.9. The van der Waals surface area contributed by atoms with Crippen molar-refractivity contribution in [3.8, 4) is 0 Å². The monoisotopic (exact) mass is 666 g/mol. The third kappa shape index (κ3) is 7.52. The van der Waals surface area contributed by atoms with Crippen LogP contribution in [0.4, 0.5) is 25.0 Å². The average Bonchev–Trinajstić information content (AvgIpc) is 3.62. The molecule has 3 heterocycles. The van der Waals surface area contributed by atoms with Gasteiger partial charge in [0.05, 0.1) is 24.5 Å². The topological polar surface area (TPSA) is 119 Å². The summed E-state index contributed by atoms with van der Waals surface area (Å²) in [7, 11) is 0. The SMILES string of the molecule is CC(C)COC(=O)[C@@H]1[C@H](C)[C@@H]2CN1C(=O)[C@H](C(C)(C)C)NC(=O)O[C@@H]1C[C@H]1CCCCC(F)(F)C1Nc3ccc(Cl)cc3N=C1O2. The van der Waals surface area contributed by atoms with Crippen LogP contribution in [0.3, 0.4) is 0 Å². The van der Waals surface area contributed by atoms with E-state index >= 15 is 8.78 Å². The normalized spacial score (nSPS) is 31.4. The maximum atomic E-state index is 16.0. The molecule has 0 spiro atoms. The van der Waals surface area contributed by atoms with Crippen LogP contribution in [0.15, 0.2) is 23.2 Å². The molecule has 3 aliphatic heterocycles. The molecule has 4 aliphatic rings. The zero-order valence-corrected chi connectivity index (χ0v) is 28.0.